The van der Waals surface area contributed by atoms with Gasteiger partial charge in [0.05, 0.1) is 0 Å². The van der Waals surface area contributed by atoms with Crippen molar-refractivity contribution >= 4 is 21.7 Å². The molecule has 2 aliphatic rings. The number of amides is 1. The highest BCUT2D eigenvalue weighted by atomic mass is 32.2. The summed E-state index contributed by atoms with van der Waals surface area (Å²) >= 11 is 0. The van der Waals surface area contributed by atoms with E-state index in [1.165, 1.54) is 10.5 Å². The first-order valence-corrected chi connectivity index (χ1v) is 11.8. The van der Waals surface area contributed by atoms with Crippen LogP contribution in [0.15, 0.2) is 23.2 Å². The number of pyridine rings is 1. The van der Waals surface area contributed by atoms with Gasteiger partial charge in [-0.05, 0) is 52.7 Å². The molecule has 1 aromatic heterocycles. The molecule has 3 rings (SSSR count). The molecule has 9 heteroatoms. The zero-order chi connectivity index (χ0) is 21.2. The molecule has 0 aliphatic carbocycles. The fourth-order valence-electron chi connectivity index (χ4n) is 4.12. The van der Waals surface area contributed by atoms with E-state index in [2.05, 4.69) is 9.88 Å². The van der Waals surface area contributed by atoms with Crippen LogP contribution in [0, 0.1) is 0 Å². The molecular weight excluding hydrogens is 392 g/mol. The van der Waals surface area contributed by atoms with E-state index in [-0.39, 0.29) is 29.0 Å². The van der Waals surface area contributed by atoms with E-state index in [1.807, 2.05) is 32.6 Å². The van der Waals surface area contributed by atoms with Crippen LogP contribution >= 0.6 is 0 Å². The lowest BCUT2D eigenvalue weighted by molar-refractivity contribution is -0.141. The van der Waals surface area contributed by atoms with Crippen molar-refractivity contribution in [2.75, 3.05) is 37.7 Å². The second kappa shape index (κ2) is 8.97. The monoisotopic (exact) mass is 424 g/mol. The van der Waals surface area contributed by atoms with Gasteiger partial charge in [-0.3, -0.25) is 4.79 Å². The molecule has 2 aliphatic heterocycles. The summed E-state index contributed by atoms with van der Waals surface area (Å²) in [4.78, 5) is 21.0. The number of nitrogens with zero attached hydrogens (tertiary/aromatic N) is 4. The van der Waals surface area contributed by atoms with Crippen molar-refractivity contribution in [3.8, 4) is 0 Å². The van der Waals surface area contributed by atoms with E-state index in [4.69, 9.17) is 4.74 Å². The lowest BCUT2D eigenvalue weighted by atomic mass is 10.2. The fraction of sp³-hybridized carbons (Fsp3) is 0.700. The molecule has 0 N–H and O–H groups in total. The summed E-state index contributed by atoms with van der Waals surface area (Å²) in [5.41, 5.74) is 0. The van der Waals surface area contributed by atoms with Gasteiger partial charge in [-0.1, -0.05) is 0 Å². The molecular formula is C20H32N4O4S. The number of piperazine rings is 1. The Bertz CT molecular complexity index is 788. The van der Waals surface area contributed by atoms with Crippen molar-refractivity contribution < 1.29 is 17.9 Å². The lowest BCUT2D eigenvalue weighted by Crippen LogP contribution is -2.51. The van der Waals surface area contributed by atoms with E-state index in [1.54, 1.807) is 12.1 Å². The Morgan fingerprint density at radius 3 is 2.28 bits per heavy atom. The van der Waals surface area contributed by atoms with Crippen molar-refractivity contribution in [2.24, 2.45) is 0 Å². The summed E-state index contributed by atoms with van der Waals surface area (Å²) in [6.45, 7) is 10.7. The molecule has 0 radical (unpaired) electrons. The third-order valence-corrected chi connectivity index (χ3v) is 7.67. The molecule has 1 atom stereocenters. The number of rotatable bonds is 6. The number of aromatic nitrogens is 1. The van der Waals surface area contributed by atoms with Crippen molar-refractivity contribution in [1.29, 1.82) is 0 Å². The van der Waals surface area contributed by atoms with Gasteiger partial charge in [-0.25, -0.2) is 13.4 Å². The zero-order valence-electron chi connectivity index (χ0n) is 17.7. The maximum Gasteiger partial charge on any atom is 0.251 e. The van der Waals surface area contributed by atoms with Crippen LogP contribution in [0.4, 0.5) is 5.82 Å². The van der Waals surface area contributed by atoms with Gasteiger partial charge in [-0.15, -0.1) is 0 Å². The fourth-order valence-corrected chi connectivity index (χ4v) is 5.90. The van der Waals surface area contributed by atoms with Gasteiger partial charge in [0.2, 0.25) is 10.0 Å². The summed E-state index contributed by atoms with van der Waals surface area (Å²) in [6, 6.07) is 3.12. The largest absolute Gasteiger partial charge is 0.368 e. The number of sulfonamides is 1. The Balaban J connectivity index is 1.64. The third-order valence-electron chi connectivity index (χ3n) is 5.43. The Kier molecular flexibility index (Phi) is 6.80. The Labute approximate surface area is 173 Å². The highest BCUT2D eigenvalue weighted by Crippen LogP contribution is 2.23. The maximum absolute atomic E-state index is 13.0. The summed E-state index contributed by atoms with van der Waals surface area (Å²) in [5, 5.41) is 0. The van der Waals surface area contributed by atoms with Crippen LogP contribution in [-0.4, -0.2) is 79.5 Å². The summed E-state index contributed by atoms with van der Waals surface area (Å²) < 4.78 is 32.9. The molecule has 8 nitrogen and oxygen atoms in total. The minimum atomic E-state index is -3.59. The van der Waals surface area contributed by atoms with Crippen LogP contribution in [0.3, 0.4) is 0 Å². The average molecular weight is 425 g/mol. The van der Waals surface area contributed by atoms with Crippen LogP contribution in [0.1, 0.15) is 40.5 Å². The summed E-state index contributed by atoms with van der Waals surface area (Å²) in [7, 11) is -3.59. The molecule has 2 fully saturated rings. The first-order valence-electron chi connectivity index (χ1n) is 10.4. The summed E-state index contributed by atoms with van der Waals surface area (Å²) in [6.07, 6.45) is 2.90. The standard InChI is InChI=1S/C20H32N4O4S/c1-15(2)24(16(3)4)29(26,27)17-7-8-19(21-14-17)22-9-11-23(12-10-22)20(25)18-6-5-13-28-18/h7-8,14-16,18H,5-6,9-13H2,1-4H3. The van der Waals surface area contributed by atoms with Gasteiger partial charge in [0.15, 0.2) is 0 Å². The number of carbonyl (C=O) groups is 1. The van der Waals surface area contributed by atoms with Gasteiger partial charge >= 0.3 is 0 Å². The molecule has 2 saturated heterocycles. The molecule has 1 aromatic rings. The predicted octanol–water partition coefficient (Wildman–Crippen LogP) is 1.72. The second-order valence-electron chi connectivity index (χ2n) is 8.19. The Morgan fingerprint density at radius 1 is 1.14 bits per heavy atom. The van der Waals surface area contributed by atoms with Crippen LogP contribution in [0.2, 0.25) is 0 Å². The SMILES string of the molecule is CC(C)N(C(C)C)S(=O)(=O)c1ccc(N2CCN(C(=O)C3CCCO3)CC2)nc1. The molecule has 1 amide bonds. The van der Waals surface area contributed by atoms with Crippen LogP contribution < -0.4 is 4.90 Å². The number of carbonyl (C=O) groups excluding carboxylic acids is 1. The van der Waals surface area contributed by atoms with Crippen molar-refractivity contribution in [3.63, 3.8) is 0 Å². The number of anilines is 1. The van der Waals surface area contributed by atoms with E-state index in [0.29, 0.717) is 32.8 Å². The van der Waals surface area contributed by atoms with Gasteiger partial charge in [0, 0.05) is 51.1 Å². The molecule has 29 heavy (non-hydrogen) atoms. The quantitative estimate of drug-likeness (QED) is 0.691. The smallest absolute Gasteiger partial charge is 0.251 e. The second-order valence-corrected chi connectivity index (χ2v) is 10.0. The molecule has 3 heterocycles. The van der Waals surface area contributed by atoms with E-state index < -0.39 is 10.0 Å². The predicted molar refractivity (Wildman–Crippen MR) is 111 cm³/mol. The molecule has 0 saturated carbocycles. The van der Waals surface area contributed by atoms with Crippen molar-refractivity contribution in [3.05, 3.63) is 18.3 Å². The molecule has 1 unspecified atom stereocenters. The molecule has 0 aromatic carbocycles. The Morgan fingerprint density at radius 2 is 1.79 bits per heavy atom. The van der Waals surface area contributed by atoms with Gasteiger partial charge in [0.25, 0.3) is 5.91 Å². The first kappa shape index (κ1) is 22.0. The molecule has 162 valence electrons. The van der Waals surface area contributed by atoms with Crippen LogP contribution in [0.25, 0.3) is 0 Å². The lowest BCUT2D eigenvalue weighted by Gasteiger charge is -2.36. The number of ether oxygens (including phenoxy) is 1. The minimum Gasteiger partial charge on any atom is -0.368 e. The molecule has 0 bridgehead atoms. The van der Waals surface area contributed by atoms with Crippen LogP contribution in [-0.2, 0) is 19.6 Å². The maximum atomic E-state index is 13.0. The Hall–Kier alpha value is -1.71. The normalized spacial score (nSPS) is 20.9. The highest BCUT2D eigenvalue weighted by Gasteiger charge is 2.32. The minimum absolute atomic E-state index is 0.0824. The third kappa shape index (κ3) is 4.73. The van der Waals surface area contributed by atoms with Crippen molar-refractivity contribution in [1.82, 2.24) is 14.2 Å². The van der Waals surface area contributed by atoms with Gasteiger partial charge < -0.3 is 14.5 Å². The number of hydrogen-bond donors (Lipinski definition) is 0. The molecule has 0 spiro atoms. The van der Waals surface area contributed by atoms with Crippen molar-refractivity contribution in [2.45, 2.75) is 63.6 Å². The average Bonchev–Trinajstić information content (AvgIpc) is 3.21. The van der Waals surface area contributed by atoms with E-state index in [0.717, 1.165) is 18.7 Å². The van der Waals surface area contributed by atoms with Gasteiger partial charge in [-0.2, -0.15) is 4.31 Å². The van der Waals surface area contributed by atoms with E-state index in [9.17, 15) is 13.2 Å². The topological polar surface area (TPSA) is 83.1 Å². The zero-order valence-corrected chi connectivity index (χ0v) is 18.6. The van der Waals surface area contributed by atoms with Gasteiger partial charge in [0.1, 0.15) is 16.8 Å². The summed E-state index contributed by atoms with van der Waals surface area (Å²) in [5.74, 6) is 0.813. The van der Waals surface area contributed by atoms with Crippen LogP contribution in [0.5, 0.6) is 0 Å². The highest BCUT2D eigenvalue weighted by molar-refractivity contribution is 7.89. The first-order chi connectivity index (χ1) is 13.7. The number of hydrogen-bond acceptors (Lipinski definition) is 6. The van der Waals surface area contributed by atoms with E-state index >= 15 is 0 Å².